The van der Waals surface area contributed by atoms with Gasteiger partial charge in [0.2, 0.25) is 0 Å². The summed E-state index contributed by atoms with van der Waals surface area (Å²) in [5.41, 5.74) is 2.75. The first kappa shape index (κ1) is 15.8. The Morgan fingerprint density at radius 1 is 1.38 bits per heavy atom. The average molecular weight is 286 g/mol. The Kier molecular flexibility index (Phi) is 4.84. The SMILES string of the molecule is CCC[C@@H]1CN(c2nc(C)cc(C)c2C#N)C[C@H]1N(C)C. The Morgan fingerprint density at radius 2 is 2.10 bits per heavy atom. The molecule has 0 N–H and O–H groups in total. The first-order chi connectivity index (χ1) is 9.97. The van der Waals surface area contributed by atoms with E-state index in [9.17, 15) is 5.26 Å². The molecule has 4 heteroatoms. The summed E-state index contributed by atoms with van der Waals surface area (Å²) < 4.78 is 0. The molecule has 0 spiro atoms. The molecule has 0 aromatic carbocycles. The lowest BCUT2D eigenvalue weighted by molar-refractivity contribution is 0.246. The van der Waals surface area contributed by atoms with Crippen LogP contribution in [0, 0.1) is 31.1 Å². The lowest BCUT2D eigenvalue weighted by atomic mass is 9.98. The maximum absolute atomic E-state index is 9.47. The van der Waals surface area contributed by atoms with Gasteiger partial charge in [0, 0.05) is 24.8 Å². The number of hydrogen-bond acceptors (Lipinski definition) is 4. The van der Waals surface area contributed by atoms with Crippen molar-refractivity contribution >= 4 is 5.82 Å². The summed E-state index contributed by atoms with van der Waals surface area (Å²) in [6, 6.07) is 4.87. The van der Waals surface area contributed by atoms with Gasteiger partial charge >= 0.3 is 0 Å². The Morgan fingerprint density at radius 3 is 2.67 bits per heavy atom. The molecule has 0 amide bonds. The van der Waals surface area contributed by atoms with Crippen LogP contribution in [0.5, 0.6) is 0 Å². The van der Waals surface area contributed by atoms with E-state index in [0.717, 1.165) is 35.7 Å². The molecular formula is C17H26N4. The standard InChI is InChI=1S/C17H26N4/c1-6-7-14-10-21(11-16(14)20(4)5)17-15(9-18)12(2)8-13(3)19-17/h8,14,16H,6-7,10-11H2,1-5H3/t14-,16-/m1/s1. The number of aryl methyl sites for hydroxylation is 2. The molecule has 1 aromatic rings. The first-order valence-electron chi connectivity index (χ1n) is 7.77. The second kappa shape index (κ2) is 6.44. The Bertz CT molecular complexity index is 544. The van der Waals surface area contributed by atoms with E-state index in [0.29, 0.717) is 12.0 Å². The van der Waals surface area contributed by atoms with Gasteiger partial charge in [0.05, 0.1) is 5.56 Å². The molecule has 0 radical (unpaired) electrons. The summed E-state index contributed by atoms with van der Waals surface area (Å²) in [5.74, 6) is 1.53. The van der Waals surface area contributed by atoms with Gasteiger partial charge in [-0.1, -0.05) is 13.3 Å². The summed E-state index contributed by atoms with van der Waals surface area (Å²) in [6.07, 6.45) is 2.43. The van der Waals surface area contributed by atoms with Crippen LogP contribution >= 0.6 is 0 Å². The minimum atomic E-state index is 0.541. The van der Waals surface area contributed by atoms with Crippen molar-refractivity contribution in [2.75, 3.05) is 32.1 Å². The van der Waals surface area contributed by atoms with Crippen LogP contribution in [0.15, 0.2) is 6.07 Å². The minimum absolute atomic E-state index is 0.541. The maximum Gasteiger partial charge on any atom is 0.147 e. The molecule has 21 heavy (non-hydrogen) atoms. The van der Waals surface area contributed by atoms with E-state index in [2.05, 4.69) is 41.9 Å². The van der Waals surface area contributed by atoms with E-state index < -0.39 is 0 Å². The third kappa shape index (κ3) is 3.19. The zero-order valence-electron chi connectivity index (χ0n) is 13.8. The molecule has 0 saturated carbocycles. The fourth-order valence-corrected chi connectivity index (χ4v) is 3.45. The van der Waals surface area contributed by atoms with Gasteiger partial charge in [0.1, 0.15) is 11.9 Å². The number of aromatic nitrogens is 1. The summed E-state index contributed by atoms with van der Waals surface area (Å²) in [7, 11) is 4.30. The number of nitrogens with zero attached hydrogens (tertiary/aromatic N) is 4. The van der Waals surface area contributed by atoms with Crippen LogP contribution in [0.1, 0.15) is 36.6 Å². The minimum Gasteiger partial charge on any atom is -0.354 e. The van der Waals surface area contributed by atoms with Crippen LogP contribution in [0.3, 0.4) is 0 Å². The van der Waals surface area contributed by atoms with Crippen molar-refractivity contribution in [2.24, 2.45) is 5.92 Å². The van der Waals surface area contributed by atoms with Crippen LogP contribution in [-0.2, 0) is 0 Å². The Balaban J connectivity index is 2.34. The normalized spacial score (nSPS) is 21.9. The van der Waals surface area contributed by atoms with Crippen LogP contribution in [-0.4, -0.2) is 43.1 Å². The summed E-state index contributed by atoms with van der Waals surface area (Å²) in [5, 5.41) is 9.47. The van der Waals surface area contributed by atoms with Crippen molar-refractivity contribution in [1.29, 1.82) is 5.26 Å². The van der Waals surface area contributed by atoms with Crippen molar-refractivity contribution in [1.82, 2.24) is 9.88 Å². The monoisotopic (exact) mass is 286 g/mol. The quantitative estimate of drug-likeness (QED) is 0.853. The molecule has 114 valence electrons. The molecule has 1 aliphatic rings. The molecule has 1 fully saturated rings. The van der Waals surface area contributed by atoms with Gasteiger partial charge in [-0.25, -0.2) is 4.98 Å². The Labute approximate surface area is 128 Å². The molecule has 1 aromatic heterocycles. The topological polar surface area (TPSA) is 43.2 Å². The highest BCUT2D eigenvalue weighted by molar-refractivity contribution is 5.59. The molecule has 2 heterocycles. The van der Waals surface area contributed by atoms with Crippen LogP contribution in [0.4, 0.5) is 5.82 Å². The van der Waals surface area contributed by atoms with Crippen molar-refractivity contribution in [2.45, 2.75) is 39.7 Å². The van der Waals surface area contributed by atoms with E-state index >= 15 is 0 Å². The fourth-order valence-electron chi connectivity index (χ4n) is 3.45. The molecule has 0 unspecified atom stereocenters. The second-order valence-corrected chi connectivity index (χ2v) is 6.38. The van der Waals surface area contributed by atoms with Crippen molar-refractivity contribution in [3.05, 3.63) is 22.9 Å². The van der Waals surface area contributed by atoms with Crippen molar-refractivity contribution in [3.63, 3.8) is 0 Å². The fraction of sp³-hybridized carbons (Fsp3) is 0.647. The molecule has 1 aliphatic heterocycles. The maximum atomic E-state index is 9.47. The van der Waals surface area contributed by atoms with E-state index in [-0.39, 0.29) is 0 Å². The third-order valence-corrected chi connectivity index (χ3v) is 4.47. The predicted octanol–water partition coefficient (Wildman–Crippen LogP) is 2.74. The van der Waals surface area contributed by atoms with Gasteiger partial charge in [-0.05, 0) is 51.9 Å². The zero-order chi connectivity index (χ0) is 15.6. The molecule has 1 saturated heterocycles. The number of nitriles is 1. The van der Waals surface area contributed by atoms with Gasteiger partial charge in [-0.2, -0.15) is 5.26 Å². The highest BCUT2D eigenvalue weighted by atomic mass is 15.3. The summed E-state index contributed by atoms with van der Waals surface area (Å²) in [4.78, 5) is 9.28. The largest absolute Gasteiger partial charge is 0.354 e. The predicted molar refractivity (Wildman–Crippen MR) is 86.5 cm³/mol. The third-order valence-electron chi connectivity index (χ3n) is 4.47. The average Bonchev–Trinajstić information content (AvgIpc) is 2.82. The number of pyridine rings is 1. The molecule has 2 rings (SSSR count). The van der Waals surface area contributed by atoms with Crippen molar-refractivity contribution in [3.8, 4) is 6.07 Å². The van der Waals surface area contributed by atoms with Gasteiger partial charge in [-0.3, -0.25) is 0 Å². The Hall–Kier alpha value is -1.60. The molecular weight excluding hydrogens is 260 g/mol. The highest BCUT2D eigenvalue weighted by Gasteiger charge is 2.35. The smallest absolute Gasteiger partial charge is 0.147 e. The molecule has 2 atom stereocenters. The van der Waals surface area contributed by atoms with E-state index in [1.807, 2.05) is 19.9 Å². The zero-order valence-corrected chi connectivity index (χ0v) is 13.8. The van der Waals surface area contributed by atoms with E-state index in [1.165, 1.54) is 12.8 Å². The van der Waals surface area contributed by atoms with E-state index in [1.54, 1.807) is 0 Å². The summed E-state index contributed by atoms with van der Waals surface area (Å²) >= 11 is 0. The van der Waals surface area contributed by atoms with Crippen molar-refractivity contribution < 1.29 is 0 Å². The van der Waals surface area contributed by atoms with Gasteiger partial charge in [-0.15, -0.1) is 0 Å². The number of rotatable bonds is 4. The number of hydrogen-bond donors (Lipinski definition) is 0. The van der Waals surface area contributed by atoms with Gasteiger partial charge in [0.15, 0.2) is 0 Å². The second-order valence-electron chi connectivity index (χ2n) is 6.38. The number of likely N-dealkylation sites (N-methyl/N-ethyl adjacent to an activating group) is 1. The van der Waals surface area contributed by atoms with Gasteiger partial charge in [0.25, 0.3) is 0 Å². The van der Waals surface area contributed by atoms with Crippen LogP contribution < -0.4 is 4.90 Å². The molecule has 0 bridgehead atoms. The molecule has 4 nitrogen and oxygen atoms in total. The van der Waals surface area contributed by atoms with Gasteiger partial charge < -0.3 is 9.80 Å². The lowest BCUT2D eigenvalue weighted by Crippen LogP contribution is -2.35. The van der Waals surface area contributed by atoms with Crippen LogP contribution in [0.25, 0.3) is 0 Å². The highest BCUT2D eigenvalue weighted by Crippen LogP contribution is 2.31. The summed E-state index contributed by atoms with van der Waals surface area (Å²) in [6.45, 7) is 8.20. The lowest BCUT2D eigenvalue weighted by Gasteiger charge is -2.24. The van der Waals surface area contributed by atoms with Crippen LogP contribution in [0.2, 0.25) is 0 Å². The number of anilines is 1. The van der Waals surface area contributed by atoms with E-state index in [4.69, 9.17) is 0 Å². The molecule has 0 aliphatic carbocycles. The first-order valence-corrected chi connectivity index (χ1v) is 7.77.